The molecule has 0 bridgehead atoms. The van der Waals surface area contributed by atoms with Gasteiger partial charge in [0.2, 0.25) is 0 Å². The molecule has 1 N–H and O–H groups in total. The SMILES string of the molecule is CC(O)(Cc1ccc(F)cc1)c1cc(Cl)ccc1Cl. The van der Waals surface area contributed by atoms with E-state index in [1.54, 1.807) is 37.3 Å². The van der Waals surface area contributed by atoms with Crippen molar-refractivity contribution in [2.24, 2.45) is 0 Å². The first-order valence-electron chi connectivity index (χ1n) is 5.81. The second-order valence-electron chi connectivity index (χ2n) is 4.70. The van der Waals surface area contributed by atoms with E-state index in [0.29, 0.717) is 22.0 Å². The van der Waals surface area contributed by atoms with E-state index in [1.165, 1.54) is 12.1 Å². The van der Waals surface area contributed by atoms with Gasteiger partial charge in [-0.2, -0.15) is 0 Å². The second kappa shape index (κ2) is 5.49. The molecule has 0 aromatic heterocycles. The molecule has 1 unspecified atom stereocenters. The molecular weight excluding hydrogens is 286 g/mol. The van der Waals surface area contributed by atoms with E-state index in [2.05, 4.69) is 0 Å². The predicted octanol–water partition coefficient (Wildman–Crippen LogP) is 4.58. The van der Waals surface area contributed by atoms with E-state index in [9.17, 15) is 9.50 Å². The van der Waals surface area contributed by atoms with Gasteiger partial charge in [-0.15, -0.1) is 0 Å². The third-order valence-corrected chi connectivity index (χ3v) is 3.53. The molecule has 1 nitrogen and oxygen atoms in total. The highest BCUT2D eigenvalue weighted by Crippen LogP contribution is 2.33. The lowest BCUT2D eigenvalue weighted by Crippen LogP contribution is -2.24. The first-order valence-corrected chi connectivity index (χ1v) is 6.56. The molecule has 2 rings (SSSR count). The molecule has 0 heterocycles. The molecule has 0 fully saturated rings. The van der Waals surface area contributed by atoms with Gasteiger partial charge in [0.15, 0.2) is 0 Å². The Kier molecular flexibility index (Phi) is 4.14. The number of halogens is 3. The number of aliphatic hydroxyl groups is 1. The Morgan fingerprint density at radius 2 is 1.74 bits per heavy atom. The minimum Gasteiger partial charge on any atom is -0.385 e. The molecule has 0 radical (unpaired) electrons. The van der Waals surface area contributed by atoms with Crippen molar-refractivity contribution in [3.8, 4) is 0 Å². The molecule has 0 aliphatic heterocycles. The second-order valence-corrected chi connectivity index (χ2v) is 5.54. The van der Waals surface area contributed by atoms with Gasteiger partial charge in [0.1, 0.15) is 5.82 Å². The molecular formula is C15H13Cl2FO. The highest BCUT2D eigenvalue weighted by Gasteiger charge is 2.26. The van der Waals surface area contributed by atoms with Crippen LogP contribution in [0.4, 0.5) is 4.39 Å². The van der Waals surface area contributed by atoms with Crippen LogP contribution in [0.2, 0.25) is 10.0 Å². The molecule has 2 aromatic rings. The van der Waals surface area contributed by atoms with Crippen LogP contribution >= 0.6 is 23.2 Å². The van der Waals surface area contributed by atoms with Crippen molar-refractivity contribution >= 4 is 23.2 Å². The van der Waals surface area contributed by atoms with E-state index in [0.717, 1.165) is 5.56 Å². The maximum atomic E-state index is 12.9. The van der Waals surface area contributed by atoms with Gasteiger partial charge in [-0.1, -0.05) is 35.3 Å². The van der Waals surface area contributed by atoms with Crippen LogP contribution in [-0.2, 0) is 12.0 Å². The fraction of sp³-hybridized carbons (Fsp3) is 0.200. The summed E-state index contributed by atoms with van der Waals surface area (Å²) in [7, 11) is 0. The summed E-state index contributed by atoms with van der Waals surface area (Å²) < 4.78 is 12.9. The minimum atomic E-state index is -1.17. The van der Waals surface area contributed by atoms with Gasteiger partial charge in [-0.05, 0) is 42.8 Å². The largest absolute Gasteiger partial charge is 0.385 e. The summed E-state index contributed by atoms with van der Waals surface area (Å²) >= 11 is 12.0. The van der Waals surface area contributed by atoms with E-state index in [1.807, 2.05) is 0 Å². The van der Waals surface area contributed by atoms with Crippen molar-refractivity contribution in [2.75, 3.05) is 0 Å². The van der Waals surface area contributed by atoms with Crippen LogP contribution in [0.5, 0.6) is 0 Å². The van der Waals surface area contributed by atoms with Gasteiger partial charge >= 0.3 is 0 Å². The van der Waals surface area contributed by atoms with Crippen LogP contribution < -0.4 is 0 Å². The zero-order valence-corrected chi connectivity index (χ0v) is 11.8. The maximum Gasteiger partial charge on any atom is 0.123 e. The Balaban J connectivity index is 2.31. The summed E-state index contributed by atoms with van der Waals surface area (Å²) in [4.78, 5) is 0. The fourth-order valence-corrected chi connectivity index (χ4v) is 2.50. The van der Waals surface area contributed by atoms with Gasteiger partial charge in [0.25, 0.3) is 0 Å². The van der Waals surface area contributed by atoms with Crippen LogP contribution in [0, 0.1) is 5.82 Å². The number of benzene rings is 2. The molecule has 1 atom stereocenters. The summed E-state index contributed by atoms with van der Waals surface area (Å²) in [5.41, 5.74) is 0.216. The normalized spacial score (nSPS) is 14.2. The Morgan fingerprint density at radius 1 is 1.11 bits per heavy atom. The summed E-state index contributed by atoms with van der Waals surface area (Å²) in [6.45, 7) is 1.66. The first kappa shape index (κ1) is 14.3. The number of rotatable bonds is 3. The van der Waals surface area contributed by atoms with Crippen molar-refractivity contribution in [2.45, 2.75) is 18.9 Å². The standard InChI is InChI=1S/C15H13Cl2FO/c1-15(19,9-10-2-5-12(18)6-3-10)13-8-11(16)4-7-14(13)17/h2-8,19H,9H2,1H3. The average molecular weight is 299 g/mol. The van der Waals surface area contributed by atoms with Gasteiger partial charge in [0, 0.05) is 22.0 Å². The molecule has 2 aromatic carbocycles. The van der Waals surface area contributed by atoms with Crippen LogP contribution in [-0.4, -0.2) is 5.11 Å². The van der Waals surface area contributed by atoms with Crippen LogP contribution in [0.15, 0.2) is 42.5 Å². The zero-order chi connectivity index (χ0) is 14.0. The lowest BCUT2D eigenvalue weighted by Gasteiger charge is -2.25. The van der Waals surface area contributed by atoms with Gasteiger partial charge < -0.3 is 5.11 Å². The highest BCUT2D eigenvalue weighted by molar-refractivity contribution is 6.33. The van der Waals surface area contributed by atoms with Crippen molar-refractivity contribution in [1.82, 2.24) is 0 Å². The van der Waals surface area contributed by atoms with E-state index < -0.39 is 5.60 Å². The Hall–Kier alpha value is -1.09. The smallest absolute Gasteiger partial charge is 0.123 e. The molecule has 0 amide bonds. The van der Waals surface area contributed by atoms with Crippen molar-refractivity contribution < 1.29 is 9.50 Å². The first-order chi connectivity index (χ1) is 8.88. The van der Waals surface area contributed by atoms with Gasteiger partial charge in [-0.3, -0.25) is 0 Å². The Morgan fingerprint density at radius 3 is 2.37 bits per heavy atom. The Labute approximate surface area is 121 Å². The van der Waals surface area contributed by atoms with E-state index in [-0.39, 0.29) is 5.82 Å². The van der Waals surface area contributed by atoms with Crippen molar-refractivity contribution in [3.05, 3.63) is 69.5 Å². The van der Waals surface area contributed by atoms with E-state index in [4.69, 9.17) is 23.2 Å². The number of hydrogen-bond donors (Lipinski definition) is 1. The molecule has 0 spiro atoms. The molecule has 0 saturated carbocycles. The van der Waals surface area contributed by atoms with Crippen LogP contribution in [0.25, 0.3) is 0 Å². The number of hydrogen-bond acceptors (Lipinski definition) is 1. The quantitative estimate of drug-likeness (QED) is 0.879. The third-order valence-electron chi connectivity index (χ3n) is 2.97. The molecule has 0 aliphatic carbocycles. The lowest BCUT2D eigenvalue weighted by molar-refractivity contribution is 0.0577. The molecule has 4 heteroatoms. The predicted molar refractivity (Wildman–Crippen MR) is 76.1 cm³/mol. The summed E-state index contributed by atoms with van der Waals surface area (Å²) in [6.07, 6.45) is 0.327. The monoisotopic (exact) mass is 298 g/mol. The minimum absolute atomic E-state index is 0.302. The average Bonchev–Trinajstić information content (AvgIpc) is 2.35. The highest BCUT2D eigenvalue weighted by atomic mass is 35.5. The van der Waals surface area contributed by atoms with Gasteiger partial charge in [0.05, 0.1) is 5.60 Å². The Bertz CT molecular complexity index is 579. The molecule has 100 valence electrons. The fourth-order valence-electron chi connectivity index (χ4n) is 2.01. The van der Waals surface area contributed by atoms with Crippen molar-refractivity contribution in [3.63, 3.8) is 0 Å². The van der Waals surface area contributed by atoms with Crippen LogP contribution in [0.1, 0.15) is 18.1 Å². The summed E-state index contributed by atoms with van der Waals surface area (Å²) in [5.74, 6) is -0.302. The molecule has 0 saturated heterocycles. The summed E-state index contributed by atoms with van der Waals surface area (Å²) in [6, 6.07) is 11.0. The van der Waals surface area contributed by atoms with E-state index >= 15 is 0 Å². The third kappa shape index (κ3) is 3.47. The van der Waals surface area contributed by atoms with Crippen LogP contribution in [0.3, 0.4) is 0 Å². The molecule has 0 aliphatic rings. The maximum absolute atomic E-state index is 12.9. The molecule has 19 heavy (non-hydrogen) atoms. The lowest BCUT2D eigenvalue weighted by atomic mass is 9.89. The van der Waals surface area contributed by atoms with Gasteiger partial charge in [-0.25, -0.2) is 4.39 Å². The summed E-state index contributed by atoms with van der Waals surface area (Å²) in [5, 5.41) is 11.5. The zero-order valence-electron chi connectivity index (χ0n) is 10.3. The topological polar surface area (TPSA) is 20.2 Å². The van der Waals surface area contributed by atoms with Crippen molar-refractivity contribution in [1.29, 1.82) is 0 Å².